The Morgan fingerprint density at radius 1 is 0.739 bits per heavy atom. The minimum Gasteiger partial charge on any atom is -0.465 e. The summed E-state index contributed by atoms with van der Waals surface area (Å²) in [5.74, 6) is 0.630. The second-order valence-corrected chi connectivity index (χ2v) is 6.37. The van der Waals surface area contributed by atoms with Gasteiger partial charge in [-0.1, -0.05) is 0 Å². The van der Waals surface area contributed by atoms with Crippen molar-refractivity contribution in [2.24, 2.45) is 11.8 Å². The first kappa shape index (κ1) is 18.2. The van der Waals surface area contributed by atoms with Gasteiger partial charge in [0.2, 0.25) is 0 Å². The number of carbonyl (C=O) groups excluding carboxylic acids is 2. The summed E-state index contributed by atoms with van der Waals surface area (Å²) in [6.45, 7) is 4.05. The predicted molar refractivity (Wildman–Crippen MR) is 82.9 cm³/mol. The van der Waals surface area contributed by atoms with Gasteiger partial charge in [-0.05, 0) is 32.1 Å². The number of carbonyl (C=O) groups is 2. The monoisotopic (exact) mass is 328 g/mol. The molecule has 0 N–H and O–H groups in total. The van der Waals surface area contributed by atoms with Gasteiger partial charge in [-0.15, -0.1) is 0 Å². The third-order valence-corrected chi connectivity index (χ3v) is 4.25. The van der Waals surface area contributed by atoms with Crippen LogP contribution in [0.5, 0.6) is 0 Å². The number of ether oxygens (including phenoxy) is 4. The first-order valence-electron chi connectivity index (χ1n) is 8.71. The topological polar surface area (TPSA) is 71.1 Å². The molecule has 23 heavy (non-hydrogen) atoms. The Labute approximate surface area is 137 Å². The van der Waals surface area contributed by atoms with Crippen molar-refractivity contribution in [2.45, 2.75) is 44.9 Å². The first-order chi connectivity index (χ1) is 11.2. The second-order valence-electron chi connectivity index (χ2n) is 6.37. The maximum absolute atomic E-state index is 10.9. The summed E-state index contributed by atoms with van der Waals surface area (Å²) in [6.07, 6.45) is 5.97. The summed E-state index contributed by atoms with van der Waals surface area (Å²) in [6, 6.07) is 0. The highest BCUT2D eigenvalue weighted by atomic mass is 16.5. The largest absolute Gasteiger partial charge is 0.465 e. The third kappa shape index (κ3) is 7.79. The van der Waals surface area contributed by atoms with Crippen molar-refractivity contribution in [3.63, 3.8) is 0 Å². The van der Waals surface area contributed by atoms with Gasteiger partial charge in [0.05, 0.1) is 26.1 Å². The molecule has 2 saturated heterocycles. The highest BCUT2D eigenvalue weighted by Crippen LogP contribution is 2.19. The van der Waals surface area contributed by atoms with E-state index in [4.69, 9.17) is 18.9 Å². The van der Waals surface area contributed by atoms with E-state index in [9.17, 15) is 9.59 Å². The van der Waals surface area contributed by atoms with Crippen LogP contribution in [0, 0.1) is 11.8 Å². The van der Waals surface area contributed by atoms with Crippen molar-refractivity contribution in [3.05, 3.63) is 0 Å². The predicted octanol–water partition coefficient (Wildman–Crippen LogP) is 2.10. The molecule has 6 nitrogen and oxygen atoms in total. The minimum atomic E-state index is -0.0693. The van der Waals surface area contributed by atoms with E-state index in [0.717, 1.165) is 45.3 Å². The molecule has 2 heterocycles. The van der Waals surface area contributed by atoms with Crippen LogP contribution in [0.4, 0.5) is 0 Å². The van der Waals surface area contributed by atoms with E-state index < -0.39 is 0 Å². The Balaban J connectivity index is 1.28. The van der Waals surface area contributed by atoms with Gasteiger partial charge in [0.25, 0.3) is 0 Å². The number of esters is 2. The average Bonchev–Trinajstić information content (AvgIpc) is 3.13. The van der Waals surface area contributed by atoms with E-state index in [1.807, 2.05) is 0 Å². The second kappa shape index (κ2) is 10.6. The van der Waals surface area contributed by atoms with Crippen LogP contribution in [0.25, 0.3) is 0 Å². The molecule has 2 aliphatic heterocycles. The fourth-order valence-corrected chi connectivity index (χ4v) is 2.91. The van der Waals surface area contributed by atoms with Crippen LogP contribution in [0.2, 0.25) is 0 Å². The van der Waals surface area contributed by atoms with Gasteiger partial charge in [-0.25, -0.2) is 0 Å². The summed E-state index contributed by atoms with van der Waals surface area (Å²) < 4.78 is 21.0. The molecule has 6 heteroatoms. The van der Waals surface area contributed by atoms with Crippen molar-refractivity contribution in [3.8, 4) is 0 Å². The summed E-state index contributed by atoms with van der Waals surface area (Å²) in [5, 5.41) is 0. The lowest BCUT2D eigenvalue weighted by Gasteiger charge is -2.08. The van der Waals surface area contributed by atoms with E-state index in [2.05, 4.69) is 0 Å². The SMILES string of the molecule is O=C1CC(CCCOCCCOCCCC2COC(=O)C2)CO1. The molecule has 132 valence electrons. The van der Waals surface area contributed by atoms with E-state index in [1.165, 1.54) is 0 Å². The molecule has 0 aromatic rings. The normalized spacial score (nSPS) is 24.0. The Hall–Kier alpha value is -1.14. The molecule has 2 unspecified atom stereocenters. The van der Waals surface area contributed by atoms with E-state index in [0.29, 0.717) is 51.1 Å². The zero-order chi connectivity index (χ0) is 16.3. The Morgan fingerprint density at radius 2 is 1.17 bits per heavy atom. The molecular formula is C17H28O6. The Morgan fingerprint density at radius 3 is 1.57 bits per heavy atom. The molecule has 0 radical (unpaired) electrons. The van der Waals surface area contributed by atoms with Crippen LogP contribution >= 0.6 is 0 Å². The summed E-state index contributed by atoms with van der Waals surface area (Å²) in [4.78, 5) is 21.9. The summed E-state index contributed by atoms with van der Waals surface area (Å²) in [5.41, 5.74) is 0. The molecule has 2 fully saturated rings. The maximum atomic E-state index is 10.9. The molecule has 0 bridgehead atoms. The van der Waals surface area contributed by atoms with Crippen molar-refractivity contribution < 1.29 is 28.5 Å². The highest BCUT2D eigenvalue weighted by molar-refractivity contribution is 5.71. The Kier molecular flexibility index (Phi) is 8.39. The van der Waals surface area contributed by atoms with Gasteiger partial charge in [0, 0.05) is 38.3 Å². The molecular weight excluding hydrogens is 300 g/mol. The molecule has 2 aliphatic rings. The third-order valence-electron chi connectivity index (χ3n) is 4.25. The lowest BCUT2D eigenvalue weighted by molar-refractivity contribution is -0.138. The van der Waals surface area contributed by atoms with Gasteiger partial charge in [0.1, 0.15) is 0 Å². The van der Waals surface area contributed by atoms with Crippen LogP contribution in [0.3, 0.4) is 0 Å². The average molecular weight is 328 g/mol. The number of hydrogen-bond donors (Lipinski definition) is 0. The standard InChI is InChI=1S/C17H28O6/c18-16-10-14(12-22-16)4-1-6-20-8-3-9-21-7-2-5-15-11-17(19)23-13-15/h14-15H,1-13H2. The van der Waals surface area contributed by atoms with Gasteiger partial charge >= 0.3 is 11.9 Å². The molecule has 2 rings (SSSR count). The quantitative estimate of drug-likeness (QED) is 0.403. The van der Waals surface area contributed by atoms with Crippen molar-refractivity contribution in [1.82, 2.24) is 0 Å². The van der Waals surface area contributed by atoms with Gasteiger partial charge in [-0.3, -0.25) is 9.59 Å². The fraction of sp³-hybridized carbons (Fsp3) is 0.882. The zero-order valence-corrected chi connectivity index (χ0v) is 13.8. The fourth-order valence-electron chi connectivity index (χ4n) is 2.91. The lowest BCUT2D eigenvalue weighted by atomic mass is 10.0. The highest BCUT2D eigenvalue weighted by Gasteiger charge is 2.23. The number of rotatable bonds is 12. The molecule has 0 amide bonds. The van der Waals surface area contributed by atoms with Crippen LogP contribution in [-0.2, 0) is 28.5 Å². The molecule has 0 spiro atoms. The van der Waals surface area contributed by atoms with E-state index in [1.54, 1.807) is 0 Å². The van der Waals surface area contributed by atoms with Gasteiger partial charge in [0.15, 0.2) is 0 Å². The summed E-state index contributed by atoms with van der Waals surface area (Å²) >= 11 is 0. The summed E-state index contributed by atoms with van der Waals surface area (Å²) in [7, 11) is 0. The molecule has 0 aliphatic carbocycles. The van der Waals surface area contributed by atoms with Crippen molar-refractivity contribution in [2.75, 3.05) is 39.6 Å². The van der Waals surface area contributed by atoms with E-state index in [-0.39, 0.29) is 11.9 Å². The van der Waals surface area contributed by atoms with Crippen LogP contribution < -0.4 is 0 Å². The maximum Gasteiger partial charge on any atom is 0.306 e. The lowest BCUT2D eigenvalue weighted by Crippen LogP contribution is -2.06. The van der Waals surface area contributed by atoms with Crippen molar-refractivity contribution >= 4 is 11.9 Å². The van der Waals surface area contributed by atoms with E-state index >= 15 is 0 Å². The molecule has 0 saturated carbocycles. The van der Waals surface area contributed by atoms with Crippen LogP contribution in [0.1, 0.15) is 44.9 Å². The first-order valence-corrected chi connectivity index (χ1v) is 8.71. The molecule has 0 aromatic heterocycles. The number of cyclic esters (lactones) is 2. The smallest absolute Gasteiger partial charge is 0.306 e. The molecule has 2 atom stereocenters. The minimum absolute atomic E-state index is 0.0693. The Bertz CT molecular complexity index is 336. The van der Waals surface area contributed by atoms with Gasteiger partial charge < -0.3 is 18.9 Å². The zero-order valence-electron chi connectivity index (χ0n) is 13.8. The molecule has 0 aromatic carbocycles. The van der Waals surface area contributed by atoms with Crippen LogP contribution in [-0.4, -0.2) is 51.6 Å². The van der Waals surface area contributed by atoms with Crippen molar-refractivity contribution in [1.29, 1.82) is 0 Å². The number of hydrogen-bond acceptors (Lipinski definition) is 6. The van der Waals surface area contributed by atoms with Crippen LogP contribution in [0.15, 0.2) is 0 Å². The van der Waals surface area contributed by atoms with Gasteiger partial charge in [-0.2, -0.15) is 0 Å².